The average Bonchev–Trinajstić information content (AvgIpc) is 2.46. The van der Waals surface area contributed by atoms with E-state index in [0.29, 0.717) is 6.04 Å². The van der Waals surface area contributed by atoms with E-state index in [9.17, 15) is 5.11 Å². The van der Waals surface area contributed by atoms with Crippen molar-refractivity contribution in [3.8, 4) is 11.5 Å². The molecule has 1 saturated heterocycles. The van der Waals surface area contributed by atoms with Crippen LogP contribution < -0.4 is 10.1 Å². The summed E-state index contributed by atoms with van der Waals surface area (Å²) in [7, 11) is 1.67. The molecule has 1 aliphatic heterocycles. The molecule has 19 heavy (non-hydrogen) atoms. The Bertz CT molecular complexity index is 403. The number of aromatic hydroxyl groups is 1. The fraction of sp³-hybridized carbons (Fsp3) is 0.600. The van der Waals surface area contributed by atoms with Gasteiger partial charge in [0.2, 0.25) is 0 Å². The molecule has 2 rings (SSSR count). The lowest BCUT2D eigenvalue weighted by Gasteiger charge is -2.35. The van der Waals surface area contributed by atoms with Gasteiger partial charge in [0.05, 0.1) is 7.11 Å². The third-order valence-corrected chi connectivity index (χ3v) is 3.73. The van der Waals surface area contributed by atoms with Gasteiger partial charge in [-0.3, -0.25) is 4.90 Å². The summed E-state index contributed by atoms with van der Waals surface area (Å²) >= 11 is 0. The van der Waals surface area contributed by atoms with Crippen molar-refractivity contribution in [3.05, 3.63) is 23.8 Å². The second kappa shape index (κ2) is 6.78. The molecule has 0 aromatic heterocycles. The van der Waals surface area contributed by atoms with Crippen LogP contribution >= 0.6 is 0 Å². The minimum absolute atomic E-state index is 0.260. The number of phenols is 1. The Balaban J connectivity index is 2.26. The number of ether oxygens (including phenoxy) is 1. The van der Waals surface area contributed by atoms with E-state index < -0.39 is 0 Å². The van der Waals surface area contributed by atoms with Crippen molar-refractivity contribution in [2.24, 2.45) is 0 Å². The van der Waals surface area contributed by atoms with Crippen molar-refractivity contribution < 1.29 is 9.84 Å². The van der Waals surface area contributed by atoms with Gasteiger partial charge >= 0.3 is 0 Å². The molecule has 0 bridgehead atoms. The van der Waals surface area contributed by atoms with Crippen molar-refractivity contribution in [1.82, 2.24) is 10.2 Å². The normalized spacial score (nSPS) is 18.2. The van der Waals surface area contributed by atoms with Crippen LogP contribution in [-0.4, -0.2) is 43.3 Å². The Morgan fingerprint density at radius 2 is 2.11 bits per heavy atom. The summed E-state index contributed by atoms with van der Waals surface area (Å²) in [6.45, 7) is 6.42. The molecule has 0 spiro atoms. The molecule has 106 valence electrons. The van der Waals surface area contributed by atoms with Gasteiger partial charge in [0.25, 0.3) is 0 Å². The molecule has 1 aliphatic rings. The first kappa shape index (κ1) is 14.2. The standard InChI is InChI=1S/C15H24N2O2/c1-3-4-14(17-9-7-16-8-10-17)13-6-5-12(18)11-15(13)19-2/h5-6,11,14,16,18H,3-4,7-10H2,1-2H3/t14-/m1/s1. The minimum atomic E-state index is 0.260. The monoisotopic (exact) mass is 264 g/mol. The van der Waals surface area contributed by atoms with Crippen LogP contribution in [0.5, 0.6) is 11.5 Å². The summed E-state index contributed by atoms with van der Waals surface area (Å²) in [5.41, 5.74) is 1.18. The van der Waals surface area contributed by atoms with Gasteiger partial charge < -0.3 is 15.2 Å². The number of hydrogen-bond acceptors (Lipinski definition) is 4. The number of nitrogens with zero attached hydrogens (tertiary/aromatic N) is 1. The SMILES string of the molecule is CCC[C@H](c1ccc(O)cc1OC)N1CCNCC1. The fourth-order valence-corrected chi connectivity index (χ4v) is 2.78. The Kier molecular flexibility index (Phi) is 5.05. The molecule has 1 aromatic rings. The van der Waals surface area contributed by atoms with Crippen LogP contribution in [0.4, 0.5) is 0 Å². The number of benzene rings is 1. The van der Waals surface area contributed by atoms with Gasteiger partial charge in [0, 0.05) is 43.9 Å². The number of hydrogen-bond donors (Lipinski definition) is 2. The number of methoxy groups -OCH3 is 1. The molecule has 4 heteroatoms. The van der Waals surface area contributed by atoms with E-state index in [1.807, 2.05) is 6.07 Å². The quantitative estimate of drug-likeness (QED) is 0.855. The molecule has 1 aromatic carbocycles. The van der Waals surface area contributed by atoms with Crippen molar-refractivity contribution in [2.75, 3.05) is 33.3 Å². The zero-order valence-corrected chi connectivity index (χ0v) is 11.9. The molecular formula is C15H24N2O2. The maximum atomic E-state index is 9.59. The highest BCUT2D eigenvalue weighted by Crippen LogP contribution is 2.35. The third kappa shape index (κ3) is 3.39. The zero-order valence-electron chi connectivity index (χ0n) is 11.9. The molecule has 1 atom stereocenters. The Morgan fingerprint density at radius 1 is 1.37 bits per heavy atom. The Labute approximate surface area is 115 Å². The highest BCUT2D eigenvalue weighted by molar-refractivity contribution is 5.42. The van der Waals surface area contributed by atoms with Crippen LogP contribution in [0.15, 0.2) is 18.2 Å². The van der Waals surface area contributed by atoms with Crippen LogP contribution in [0.3, 0.4) is 0 Å². The van der Waals surface area contributed by atoms with E-state index in [0.717, 1.165) is 44.8 Å². The maximum absolute atomic E-state index is 9.59. The topological polar surface area (TPSA) is 44.7 Å². The summed E-state index contributed by atoms with van der Waals surface area (Å²) in [5.74, 6) is 1.05. The summed E-state index contributed by atoms with van der Waals surface area (Å²) in [6, 6.07) is 5.84. The van der Waals surface area contributed by atoms with E-state index in [1.54, 1.807) is 19.2 Å². The lowest BCUT2D eigenvalue weighted by atomic mass is 9.98. The zero-order chi connectivity index (χ0) is 13.7. The predicted molar refractivity (Wildman–Crippen MR) is 76.8 cm³/mol. The lowest BCUT2D eigenvalue weighted by molar-refractivity contribution is 0.162. The van der Waals surface area contributed by atoms with Crippen molar-refractivity contribution in [3.63, 3.8) is 0 Å². The molecule has 0 radical (unpaired) electrons. The fourth-order valence-electron chi connectivity index (χ4n) is 2.78. The van der Waals surface area contributed by atoms with Gasteiger partial charge in [-0.25, -0.2) is 0 Å². The molecule has 0 amide bonds. The van der Waals surface area contributed by atoms with E-state index in [1.165, 1.54) is 5.56 Å². The van der Waals surface area contributed by atoms with Crippen LogP contribution in [0.25, 0.3) is 0 Å². The van der Waals surface area contributed by atoms with Crippen LogP contribution in [-0.2, 0) is 0 Å². The van der Waals surface area contributed by atoms with E-state index in [2.05, 4.69) is 17.1 Å². The maximum Gasteiger partial charge on any atom is 0.127 e. The first-order valence-electron chi connectivity index (χ1n) is 7.08. The second-order valence-electron chi connectivity index (χ2n) is 5.02. The smallest absolute Gasteiger partial charge is 0.127 e. The molecule has 0 saturated carbocycles. The predicted octanol–water partition coefficient (Wildman–Crippen LogP) is 2.15. The highest BCUT2D eigenvalue weighted by Gasteiger charge is 2.24. The van der Waals surface area contributed by atoms with E-state index in [4.69, 9.17) is 4.74 Å². The number of piperazine rings is 1. The van der Waals surface area contributed by atoms with E-state index in [-0.39, 0.29) is 5.75 Å². The van der Waals surface area contributed by atoms with Crippen LogP contribution in [0, 0.1) is 0 Å². The van der Waals surface area contributed by atoms with Crippen molar-refractivity contribution >= 4 is 0 Å². The summed E-state index contributed by atoms with van der Waals surface area (Å²) in [5, 5.41) is 13.0. The Morgan fingerprint density at radius 3 is 2.74 bits per heavy atom. The van der Waals surface area contributed by atoms with Gasteiger partial charge in [-0.15, -0.1) is 0 Å². The number of nitrogens with one attached hydrogen (secondary N) is 1. The summed E-state index contributed by atoms with van der Waals surface area (Å²) in [4.78, 5) is 2.51. The van der Waals surface area contributed by atoms with Gasteiger partial charge in [0.1, 0.15) is 11.5 Å². The molecular weight excluding hydrogens is 240 g/mol. The molecule has 0 aliphatic carbocycles. The third-order valence-electron chi connectivity index (χ3n) is 3.73. The van der Waals surface area contributed by atoms with Crippen LogP contribution in [0.1, 0.15) is 31.4 Å². The molecule has 0 unspecified atom stereocenters. The van der Waals surface area contributed by atoms with Crippen molar-refractivity contribution in [2.45, 2.75) is 25.8 Å². The van der Waals surface area contributed by atoms with Gasteiger partial charge in [-0.2, -0.15) is 0 Å². The minimum Gasteiger partial charge on any atom is -0.508 e. The second-order valence-corrected chi connectivity index (χ2v) is 5.02. The first-order chi connectivity index (χ1) is 9.26. The first-order valence-corrected chi connectivity index (χ1v) is 7.08. The van der Waals surface area contributed by atoms with E-state index >= 15 is 0 Å². The number of phenolic OH excluding ortho intramolecular Hbond substituents is 1. The molecule has 1 fully saturated rings. The molecule has 4 nitrogen and oxygen atoms in total. The van der Waals surface area contributed by atoms with Gasteiger partial charge in [-0.1, -0.05) is 19.4 Å². The molecule has 1 heterocycles. The lowest BCUT2D eigenvalue weighted by Crippen LogP contribution is -2.45. The van der Waals surface area contributed by atoms with Crippen LogP contribution in [0.2, 0.25) is 0 Å². The number of rotatable bonds is 5. The molecule has 2 N–H and O–H groups in total. The highest BCUT2D eigenvalue weighted by atomic mass is 16.5. The average molecular weight is 264 g/mol. The van der Waals surface area contributed by atoms with Crippen molar-refractivity contribution in [1.29, 1.82) is 0 Å². The summed E-state index contributed by atoms with van der Waals surface area (Å²) < 4.78 is 5.44. The Hall–Kier alpha value is -1.26. The summed E-state index contributed by atoms with van der Waals surface area (Å²) in [6.07, 6.45) is 2.25. The van der Waals surface area contributed by atoms with Gasteiger partial charge in [-0.05, 0) is 12.5 Å². The van der Waals surface area contributed by atoms with Gasteiger partial charge in [0.15, 0.2) is 0 Å². The largest absolute Gasteiger partial charge is 0.508 e.